The summed E-state index contributed by atoms with van der Waals surface area (Å²) in [4.78, 5) is 11.6. The summed E-state index contributed by atoms with van der Waals surface area (Å²) >= 11 is 11.8. The number of esters is 1. The maximum Gasteiger partial charge on any atom is 0.333 e. The molecular weight excluding hydrogens is 299 g/mol. The third-order valence-electron chi connectivity index (χ3n) is 2.58. The Morgan fingerprint density at radius 3 is 2.75 bits per heavy atom. The van der Waals surface area contributed by atoms with Gasteiger partial charge in [-0.3, -0.25) is 0 Å². The van der Waals surface area contributed by atoms with Crippen LogP contribution in [0.1, 0.15) is 26.7 Å². The van der Waals surface area contributed by atoms with E-state index in [2.05, 4.69) is 0 Å². The summed E-state index contributed by atoms with van der Waals surface area (Å²) in [6.07, 6.45) is 3.53. The van der Waals surface area contributed by atoms with Crippen LogP contribution in [0.3, 0.4) is 0 Å². The van der Waals surface area contributed by atoms with Gasteiger partial charge in [0.05, 0.1) is 11.6 Å². The van der Waals surface area contributed by atoms with Gasteiger partial charge in [0.1, 0.15) is 12.4 Å². The van der Waals surface area contributed by atoms with E-state index >= 15 is 0 Å². The van der Waals surface area contributed by atoms with E-state index in [0.29, 0.717) is 28.0 Å². The number of carbonyl (C=O) groups excluding carboxylic acids is 1. The van der Waals surface area contributed by atoms with Crippen LogP contribution in [0.4, 0.5) is 0 Å². The van der Waals surface area contributed by atoms with Crippen LogP contribution in [0.25, 0.3) is 0 Å². The Morgan fingerprint density at radius 2 is 2.10 bits per heavy atom. The van der Waals surface area contributed by atoms with E-state index in [9.17, 15) is 4.79 Å². The van der Waals surface area contributed by atoms with Crippen LogP contribution in [0.5, 0.6) is 5.75 Å². The van der Waals surface area contributed by atoms with Gasteiger partial charge >= 0.3 is 5.97 Å². The monoisotopic (exact) mass is 316 g/mol. The molecular formula is C15H18Cl2O3. The number of hydrogen-bond donors (Lipinski definition) is 0. The molecule has 5 heteroatoms. The largest absolute Gasteiger partial charge is 0.488 e. The average molecular weight is 317 g/mol. The highest BCUT2D eigenvalue weighted by molar-refractivity contribution is 6.35. The van der Waals surface area contributed by atoms with Gasteiger partial charge in [-0.25, -0.2) is 4.79 Å². The Balaban J connectivity index is 2.45. The third-order valence-corrected chi connectivity index (χ3v) is 3.11. The van der Waals surface area contributed by atoms with Crippen molar-refractivity contribution in [1.82, 2.24) is 0 Å². The maximum absolute atomic E-state index is 11.6. The zero-order valence-corrected chi connectivity index (χ0v) is 13.1. The first-order chi connectivity index (χ1) is 9.54. The molecule has 0 aromatic heterocycles. The summed E-state index contributed by atoms with van der Waals surface area (Å²) in [7, 11) is 0. The minimum atomic E-state index is -0.316. The standard InChI is InChI=1S/C15H18Cl2O3/c1-3-4-8-20-15(18)11(2)7-9-19-14-6-5-12(16)10-13(14)17/h5-7,10H,3-4,8-9H2,1-2H3/b11-7+. The number of benzene rings is 1. The second-order valence-corrected chi connectivity index (χ2v) is 5.11. The van der Waals surface area contributed by atoms with E-state index in [0.717, 1.165) is 12.8 Å². The van der Waals surface area contributed by atoms with Gasteiger partial charge in [-0.15, -0.1) is 0 Å². The quantitative estimate of drug-likeness (QED) is 0.417. The van der Waals surface area contributed by atoms with Crippen molar-refractivity contribution >= 4 is 29.2 Å². The van der Waals surface area contributed by atoms with E-state index in [1.54, 1.807) is 31.2 Å². The molecule has 0 saturated heterocycles. The molecule has 3 nitrogen and oxygen atoms in total. The molecule has 0 aliphatic carbocycles. The van der Waals surface area contributed by atoms with Crippen molar-refractivity contribution in [2.75, 3.05) is 13.2 Å². The lowest BCUT2D eigenvalue weighted by Crippen LogP contribution is -2.08. The van der Waals surface area contributed by atoms with Crippen LogP contribution in [0, 0.1) is 0 Å². The van der Waals surface area contributed by atoms with Crippen LogP contribution in [0.15, 0.2) is 29.8 Å². The zero-order valence-electron chi connectivity index (χ0n) is 11.6. The van der Waals surface area contributed by atoms with Gasteiger partial charge < -0.3 is 9.47 Å². The van der Waals surface area contributed by atoms with Crippen molar-refractivity contribution in [2.45, 2.75) is 26.7 Å². The van der Waals surface area contributed by atoms with Crippen molar-refractivity contribution in [2.24, 2.45) is 0 Å². The molecule has 0 N–H and O–H groups in total. The lowest BCUT2D eigenvalue weighted by molar-refractivity contribution is -0.139. The molecule has 1 aromatic carbocycles. The second-order valence-electron chi connectivity index (χ2n) is 4.26. The molecule has 1 rings (SSSR count). The highest BCUT2D eigenvalue weighted by Crippen LogP contribution is 2.27. The fraction of sp³-hybridized carbons (Fsp3) is 0.400. The lowest BCUT2D eigenvalue weighted by atomic mass is 10.3. The first kappa shape index (κ1) is 16.9. The van der Waals surface area contributed by atoms with Gasteiger partial charge in [0.15, 0.2) is 0 Å². The summed E-state index contributed by atoms with van der Waals surface area (Å²) in [5.41, 5.74) is 0.520. The average Bonchev–Trinajstić information content (AvgIpc) is 2.41. The van der Waals surface area contributed by atoms with Crippen LogP contribution in [-0.2, 0) is 9.53 Å². The molecule has 0 aliphatic rings. The van der Waals surface area contributed by atoms with Gasteiger partial charge in [0.25, 0.3) is 0 Å². The van der Waals surface area contributed by atoms with Crippen LogP contribution < -0.4 is 4.74 Å². The van der Waals surface area contributed by atoms with E-state index in [-0.39, 0.29) is 12.6 Å². The first-order valence-corrected chi connectivity index (χ1v) is 7.22. The van der Waals surface area contributed by atoms with Gasteiger partial charge in [-0.1, -0.05) is 36.5 Å². The molecule has 0 aliphatic heterocycles. The molecule has 0 heterocycles. The molecule has 0 saturated carbocycles. The predicted molar refractivity (Wildman–Crippen MR) is 81.6 cm³/mol. The molecule has 0 atom stereocenters. The molecule has 0 radical (unpaired) electrons. The van der Waals surface area contributed by atoms with Gasteiger partial charge in [-0.2, -0.15) is 0 Å². The van der Waals surface area contributed by atoms with Crippen molar-refractivity contribution in [1.29, 1.82) is 0 Å². The van der Waals surface area contributed by atoms with Crippen LogP contribution in [0.2, 0.25) is 10.0 Å². The smallest absolute Gasteiger partial charge is 0.333 e. The summed E-state index contributed by atoms with van der Waals surface area (Å²) in [5, 5.41) is 0.989. The number of unbranched alkanes of at least 4 members (excludes halogenated alkanes) is 1. The molecule has 110 valence electrons. The van der Waals surface area contributed by atoms with Crippen molar-refractivity contribution in [3.63, 3.8) is 0 Å². The van der Waals surface area contributed by atoms with Crippen molar-refractivity contribution in [3.8, 4) is 5.75 Å². The molecule has 0 fully saturated rings. The molecule has 1 aromatic rings. The van der Waals surface area contributed by atoms with Gasteiger partial charge in [0, 0.05) is 10.6 Å². The third kappa shape index (κ3) is 5.85. The highest BCUT2D eigenvalue weighted by atomic mass is 35.5. The number of rotatable bonds is 7. The number of carbonyl (C=O) groups is 1. The Labute approximate surface area is 129 Å². The Kier molecular flexibility index (Phi) is 7.48. The normalized spacial score (nSPS) is 11.3. The number of ether oxygens (including phenoxy) is 2. The van der Waals surface area contributed by atoms with Crippen molar-refractivity contribution < 1.29 is 14.3 Å². The Morgan fingerprint density at radius 1 is 1.35 bits per heavy atom. The summed E-state index contributed by atoms with van der Waals surface area (Å²) in [6, 6.07) is 4.99. The molecule has 0 amide bonds. The van der Waals surface area contributed by atoms with Crippen molar-refractivity contribution in [3.05, 3.63) is 39.9 Å². The summed E-state index contributed by atoms with van der Waals surface area (Å²) in [5.74, 6) is 0.212. The lowest BCUT2D eigenvalue weighted by Gasteiger charge is -2.07. The van der Waals surface area contributed by atoms with E-state index < -0.39 is 0 Å². The molecule has 0 bridgehead atoms. The van der Waals surface area contributed by atoms with Crippen LogP contribution >= 0.6 is 23.2 Å². The zero-order chi connectivity index (χ0) is 15.0. The summed E-state index contributed by atoms with van der Waals surface area (Å²) in [6.45, 7) is 4.43. The maximum atomic E-state index is 11.6. The fourth-order valence-electron chi connectivity index (χ4n) is 1.36. The Bertz CT molecular complexity index is 484. The topological polar surface area (TPSA) is 35.5 Å². The molecule has 20 heavy (non-hydrogen) atoms. The van der Waals surface area contributed by atoms with Gasteiger partial charge in [-0.05, 0) is 37.6 Å². The Hall–Kier alpha value is -1.19. The van der Waals surface area contributed by atoms with E-state index in [4.69, 9.17) is 32.7 Å². The highest BCUT2D eigenvalue weighted by Gasteiger charge is 2.06. The number of hydrogen-bond acceptors (Lipinski definition) is 3. The minimum absolute atomic E-state index is 0.246. The SMILES string of the molecule is CCCCOC(=O)/C(C)=C/COc1ccc(Cl)cc1Cl. The van der Waals surface area contributed by atoms with Crippen LogP contribution in [-0.4, -0.2) is 19.2 Å². The fourth-order valence-corrected chi connectivity index (χ4v) is 1.82. The van der Waals surface area contributed by atoms with Gasteiger partial charge in [0.2, 0.25) is 0 Å². The summed E-state index contributed by atoms with van der Waals surface area (Å²) < 4.78 is 10.5. The minimum Gasteiger partial charge on any atom is -0.488 e. The second kappa shape index (κ2) is 8.88. The number of halogens is 2. The molecule has 0 spiro atoms. The van der Waals surface area contributed by atoms with E-state index in [1.807, 2.05) is 6.92 Å². The van der Waals surface area contributed by atoms with E-state index in [1.165, 1.54) is 0 Å². The predicted octanol–water partition coefficient (Wildman–Crippen LogP) is 4.66. The molecule has 0 unspecified atom stereocenters. The first-order valence-electron chi connectivity index (χ1n) is 6.46.